The fourth-order valence-electron chi connectivity index (χ4n) is 4.70. The van der Waals surface area contributed by atoms with Crippen molar-refractivity contribution in [3.05, 3.63) is 107 Å². The van der Waals surface area contributed by atoms with Crippen LogP contribution in [-0.4, -0.2) is 46.3 Å². The van der Waals surface area contributed by atoms with E-state index in [9.17, 15) is 19.6 Å². The van der Waals surface area contributed by atoms with Crippen molar-refractivity contribution < 1.29 is 33.3 Å². The molecule has 3 aromatic carbocycles. The number of rotatable bonds is 8. The number of hydrogen-bond donors (Lipinski definition) is 2. The van der Waals surface area contributed by atoms with Gasteiger partial charge in [0.05, 0.1) is 62.9 Å². The van der Waals surface area contributed by atoms with Crippen LogP contribution < -0.4 is 25.4 Å². The third-order valence-corrected chi connectivity index (χ3v) is 6.64. The molecular weight excluding hydrogens is 540 g/mol. The number of ether oxygens (including phenoxy) is 4. The number of nitrogens with two attached hydrogens (primary N) is 1. The number of amides is 1. The van der Waals surface area contributed by atoms with Crippen LogP contribution in [0.2, 0.25) is 0 Å². The quantitative estimate of drug-likeness (QED) is 0.383. The Morgan fingerprint density at radius 2 is 1.45 bits per heavy atom. The summed E-state index contributed by atoms with van der Waals surface area (Å²) in [6.07, 6.45) is 0. The van der Waals surface area contributed by atoms with E-state index in [1.807, 2.05) is 0 Å². The Hall–Kier alpha value is -5.76. The summed E-state index contributed by atoms with van der Waals surface area (Å²) in [6.45, 7) is 0. The van der Waals surface area contributed by atoms with Gasteiger partial charge in [-0.25, -0.2) is 9.59 Å². The summed E-state index contributed by atoms with van der Waals surface area (Å²) in [5.74, 6) is -3.07. The number of allylic oxidation sites excluding steroid dienone is 1. The summed E-state index contributed by atoms with van der Waals surface area (Å²) in [4.78, 5) is 40.8. The van der Waals surface area contributed by atoms with Crippen molar-refractivity contribution in [3.63, 3.8) is 0 Å². The number of carbonyl (C=O) groups is 3. The first kappa shape index (κ1) is 29.2. The van der Waals surface area contributed by atoms with E-state index in [0.717, 1.165) is 14.2 Å². The van der Waals surface area contributed by atoms with Crippen molar-refractivity contribution in [1.82, 2.24) is 0 Å². The molecule has 4 rings (SSSR count). The van der Waals surface area contributed by atoms with Crippen molar-refractivity contribution in [1.29, 1.82) is 5.26 Å². The molecule has 3 N–H and O–H groups in total. The fourth-order valence-corrected chi connectivity index (χ4v) is 4.70. The second kappa shape index (κ2) is 12.6. The van der Waals surface area contributed by atoms with Crippen LogP contribution in [0.25, 0.3) is 0 Å². The van der Waals surface area contributed by atoms with Crippen molar-refractivity contribution in [2.75, 3.05) is 38.7 Å². The Bertz CT molecular complexity index is 1630. The zero-order valence-electron chi connectivity index (χ0n) is 23.3. The van der Waals surface area contributed by atoms with E-state index < -0.39 is 23.8 Å². The summed E-state index contributed by atoms with van der Waals surface area (Å²) >= 11 is 0. The first-order valence-corrected chi connectivity index (χ1v) is 12.6. The van der Waals surface area contributed by atoms with Crippen LogP contribution in [0, 0.1) is 11.3 Å². The Morgan fingerprint density at radius 3 is 2.00 bits per heavy atom. The van der Waals surface area contributed by atoms with Gasteiger partial charge in [0.1, 0.15) is 23.0 Å². The molecule has 0 bridgehead atoms. The number of hydrogen-bond acceptors (Lipinski definition) is 10. The number of methoxy groups -OCH3 is 4. The molecule has 11 nitrogen and oxygen atoms in total. The molecule has 1 amide bonds. The van der Waals surface area contributed by atoms with Crippen molar-refractivity contribution >= 4 is 29.2 Å². The molecule has 1 heterocycles. The molecule has 1 unspecified atom stereocenters. The van der Waals surface area contributed by atoms with Crippen LogP contribution in [-0.2, 0) is 19.1 Å². The minimum absolute atomic E-state index is 0.0169. The molecule has 0 aliphatic carbocycles. The largest absolute Gasteiger partial charge is 0.494 e. The van der Waals surface area contributed by atoms with Gasteiger partial charge in [-0.1, -0.05) is 48.5 Å². The molecule has 0 spiro atoms. The third-order valence-electron chi connectivity index (χ3n) is 6.64. The molecule has 0 saturated heterocycles. The number of esters is 2. The van der Waals surface area contributed by atoms with Gasteiger partial charge < -0.3 is 30.0 Å². The van der Waals surface area contributed by atoms with E-state index in [1.165, 1.54) is 31.3 Å². The van der Waals surface area contributed by atoms with E-state index in [4.69, 9.17) is 24.7 Å². The summed E-state index contributed by atoms with van der Waals surface area (Å²) < 4.78 is 21.4. The number of benzene rings is 3. The second-order valence-electron chi connectivity index (χ2n) is 8.88. The zero-order valence-corrected chi connectivity index (χ0v) is 23.3. The van der Waals surface area contributed by atoms with Crippen molar-refractivity contribution in [2.24, 2.45) is 5.73 Å². The maximum Gasteiger partial charge on any atom is 0.355 e. The van der Waals surface area contributed by atoms with Gasteiger partial charge in [-0.15, -0.1) is 0 Å². The van der Waals surface area contributed by atoms with Gasteiger partial charge in [0, 0.05) is 17.7 Å². The summed E-state index contributed by atoms with van der Waals surface area (Å²) in [7, 11) is 5.08. The number of nitrogens with zero attached hydrogens (tertiary/aromatic N) is 2. The normalized spacial score (nSPS) is 14.5. The molecule has 1 aliphatic heterocycles. The summed E-state index contributed by atoms with van der Waals surface area (Å²) in [5, 5.41) is 13.1. The van der Waals surface area contributed by atoms with Gasteiger partial charge in [-0.3, -0.25) is 9.69 Å². The maximum atomic E-state index is 13.4. The van der Waals surface area contributed by atoms with E-state index in [1.54, 1.807) is 60.7 Å². The lowest BCUT2D eigenvalue weighted by Gasteiger charge is -2.36. The van der Waals surface area contributed by atoms with E-state index in [0.29, 0.717) is 11.1 Å². The highest BCUT2D eigenvalue weighted by molar-refractivity contribution is 6.08. The second-order valence-corrected chi connectivity index (χ2v) is 8.88. The molecule has 1 atom stereocenters. The summed E-state index contributed by atoms with van der Waals surface area (Å²) in [6, 6.07) is 22.2. The highest BCUT2D eigenvalue weighted by atomic mass is 16.5. The Kier molecular flexibility index (Phi) is 8.78. The Morgan fingerprint density at radius 1 is 0.857 bits per heavy atom. The van der Waals surface area contributed by atoms with Gasteiger partial charge in [-0.05, 0) is 17.7 Å². The van der Waals surface area contributed by atoms with Crippen LogP contribution in [0.1, 0.15) is 21.8 Å². The molecule has 42 heavy (non-hydrogen) atoms. The Balaban J connectivity index is 1.98. The van der Waals surface area contributed by atoms with Crippen LogP contribution in [0.3, 0.4) is 0 Å². The van der Waals surface area contributed by atoms with Crippen LogP contribution in [0.15, 0.2) is 95.5 Å². The molecular formula is C31H28N4O7. The van der Waals surface area contributed by atoms with Gasteiger partial charge >= 0.3 is 11.9 Å². The Labute approximate surface area is 242 Å². The lowest BCUT2D eigenvalue weighted by molar-refractivity contribution is -0.139. The van der Waals surface area contributed by atoms with Crippen molar-refractivity contribution in [3.8, 4) is 17.6 Å². The predicted molar refractivity (Wildman–Crippen MR) is 153 cm³/mol. The summed E-state index contributed by atoms with van der Waals surface area (Å²) in [5.41, 5.74) is 7.48. The minimum atomic E-state index is -1.04. The van der Waals surface area contributed by atoms with E-state index in [2.05, 4.69) is 11.4 Å². The average Bonchev–Trinajstić information content (AvgIpc) is 3.03. The predicted octanol–water partition coefficient (Wildman–Crippen LogP) is 3.85. The third kappa shape index (κ3) is 5.33. The lowest BCUT2D eigenvalue weighted by Crippen LogP contribution is -2.41. The minimum Gasteiger partial charge on any atom is -0.494 e. The average molecular weight is 569 g/mol. The van der Waals surface area contributed by atoms with E-state index in [-0.39, 0.29) is 45.5 Å². The van der Waals surface area contributed by atoms with Gasteiger partial charge in [0.25, 0.3) is 5.91 Å². The number of nitriles is 1. The molecule has 0 radical (unpaired) electrons. The van der Waals surface area contributed by atoms with Crippen LogP contribution in [0.4, 0.5) is 11.4 Å². The topological polar surface area (TPSA) is 153 Å². The highest BCUT2D eigenvalue weighted by Crippen LogP contribution is 2.47. The van der Waals surface area contributed by atoms with Gasteiger partial charge in [0.2, 0.25) is 0 Å². The number of carbonyl (C=O) groups excluding carboxylic acids is 3. The van der Waals surface area contributed by atoms with E-state index >= 15 is 0 Å². The lowest BCUT2D eigenvalue weighted by atomic mass is 9.81. The molecule has 0 saturated carbocycles. The van der Waals surface area contributed by atoms with Crippen LogP contribution in [0.5, 0.6) is 11.5 Å². The van der Waals surface area contributed by atoms with Gasteiger partial charge in [-0.2, -0.15) is 5.26 Å². The molecule has 1 aliphatic rings. The van der Waals surface area contributed by atoms with Crippen LogP contribution >= 0.6 is 0 Å². The maximum absolute atomic E-state index is 13.4. The molecule has 11 heteroatoms. The standard InChI is InChI=1S/C31H28N4O7/c1-39-23-16-22(24(40-2)15-21(23)34-29(36)19-13-9-6-10-14-19)35-27(31(38)42-4)26(30(37)41-3)25(20(17-32)28(35)33)18-11-7-5-8-12-18/h5-16,25H,33H2,1-4H3,(H,34,36). The first-order chi connectivity index (χ1) is 20.3. The molecule has 0 aromatic heterocycles. The smallest absolute Gasteiger partial charge is 0.355 e. The number of nitrogens with one attached hydrogen (secondary N) is 1. The zero-order chi connectivity index (χ0) is 30.4. The molecule has 214 valence electrons. The highest BCUT2D eigenvalue weighted by Gasteiger charge is 2.44. The monoisotopic (exact) mass is 568 g/mol. The first-order valence-electron chi connectivity index (χ1n) is 12.6. The molecule has 0 fully saturated rings. The molecule has 3 aromatic rings. The van der Waals surface area contributed by atoms with Crippen molar-refractivity contribution in [2.45, 2.75) is 5.92 Å². The SMILES string of the molecule is COC(=O)C1=C(C(=O)OC)N(c2cc(OC)c(NC(=O)c3ccccc3)cc2OC)C(N)=C(C#N)C1c1ccccc1. The fraction of sp³-hybridized carbons (Fsp3) is 0.161. The van der Waals surface area contributed by atoms with Gasteiger partial charge in [0.15, 0.2) is 0 Å². The number of anilines is 2.